The van der Waals surface area contributed by atoms with Crippen molar-refractivity contribution in [1.82, 2.24) is 25.4 Å². The van der Waals surface area contributed by atoms with Gasteiger partial charge in [-0.2, -0.15) is 4.68 Å². The molecule has 2 aromatic carbocycles. The molecule has 8 nitrogen and oxygen atoms in total. The average Bonchev–Trinajstić information content (AvgIpc) is 3.29. The molecule has 0 aliphatic rings. The number of nitrogens with one attached hydrogen (secondary N) is 1. The van der Waals surface area contributed by atoms with Crippen molar-refractivity contribution >= 4 is 34.8 Å². The number of anilines is 1. The molecule has 1 amide bonds. The van der Waals surface area contributed by atoms with Crippen molar-refractivity contribution in [2.24, 2.45) is 0 Å². The number of carbonyl (C=O) groups excluding carboxylic acids is 1. The summed E-state index contributed by atoms with van der Waals surface area (Å²) >= 11 is 12.5. The molecule has 4 aromatic rings. The number of aryl methyl sites for hydroxylation is 2. The van der Waals surface area contributed by atoms with Gasteiger partial charge in [0.15, 0.2) is 5.82 Å². The highest BCUT2D eigenvalue weighted by Gasteiger charge is 2.25. The van der Waals surface area contributed by atoms with Crippen LogP contribution in [0.4, 0.5) is 10.1 Å². The van der Waals surface area contributed by atoms with Gasteiger partial charge in [-0.15, -0.1) is 5.10 Å². The Labute approximate surface area is 179 Å². The number of amides is 1. The summed E-state index contributed by atoms with van der Waals surface area (Å²) in [6, 6.07) is 9.02. The first-order valence-electron chi connectivity index (χ1n) is 8.63. The first-order valence-corrected chi connectivity index (χ1v) is 9.39. The van der Waals surface area contributed by atoms with Crippen molar-refractivity contribution in [3.63, 3.8) is 0 Å². The Morgan fingerprint density at radius 2 is 1.90 bits per heavy atom. The summed E-state index contributed by atoms with van der Waals surface area (Å²) in [5.74, 6) is -0.538. The zero-order chi connectivity index (χ0) is 21.4. The van der Waals surface area contributed by atoms with Gasteiger partial charge >= 0.3 is 0 Å². The van der Waals surface area contributed by atoms with Crippen molar-refractivity contribution in [1.29, 1.82) is 0 Å². The fourth-order valence-corrected chi connectivity index (χ4v) is 3.51. The minimum atomic E-state index is -0.635. The van der Waals surface area contributed by atoms with Gasteiger partial charge in [-0.1, -0.05) is 34.4 Å². The third kappa shape index (κ3) is 3.53. The van der Waals surface area contributed by atoms with Crippen molar-refractivity contribution < 1.29 is 13.7 Å². The summed E-state index contributed by atoms with van der Waals surface area (Å²) in [6.45, 7) is 3.26. The van der Waals surface area contributed by atoms with Gasteiger partial charge in [-0.05, 0) is 54.6 Å². The first kappa shape index (κ1) is 20.0. The van der Waals surface area contributed by atoms with E-state index in [0.717, 1.165) is 0 Å². The Hall–Kier alpha value is -3.30. The Bertz CT molecular complexity index is 1250. The van der Waals surface area contributed by atoms with E-state index in [4.69, 9.17) is 27.7 Å². The number of rotatable bonds is 4. The van der Waals surface area contributed by atoms with Gasteiger partial charge in [-0.3, -0.25) is 4.79 Å². The Morgan fingerprint density at radius 3 is 2.57 bits per heavy atom. The zero-order valence-corrected chi connectivity index (χ0v) is 17.2. The lowest BCUT2D eigenvalue weighted by atomic mass is 10.1. The third-order valence-corrected chi connectivity index (χ3v) is 4.99. The van der Waals surface area contributed by atoms with Crippen LogP contribution < -0.4 is 5.32 Å². The fourth-order valence-electron chi connectivity index (χ4n) is 2.93. The second-order valence-corrected chi connectivity index (χ2v) is 7.13. The van der Waals surface area contributed by atoms with Crippen LogP contribution in [0.1, 0.15) is 21.9 Å². The van der Waals surface area contributed by atoms with Crippen LogP contribution in [0.25, 0.3) is 16.9 Å². The monoisotopic (exact) mass is 446 g/mol. The lowest BCUT2D eigenvalue weighted by molar-refractivity contribution is 0.102. The van der Waals surface area contributed by atoms with Crippen LogP contribution in [-0.4, -0.2) is 31.3 Å². The van der Waals surface area contributed by atoms with E-state index < -0.39 is 11.7 Å². The first-order chi connectivity index (χ1) is 14.4. The maximum Gasteiger partial charge on any atom is 0.261 e. The number of hydrogen-bond donors (Lipinski definition) is 1. The minimum absolute atomic E-state index is 0.0656. The lowest BCUT2D eigenvalue weighted by Crippen LogP contribution is -2.15. The smallest absolute Gasteiger partial charge is 0.261 e. The number of halogens is 3. The van der Waals surface area contributed by atoms with Gasteiger partial charge in [0.1, 0.15) is 22.8 Å². The second kappa shape index (κ2) is 7.85. The van der Waals surface area contributed by atoms with Gasteiger partial charge in [-0.25, -0.2) is 4.39 Å². The molecule has 0 unspecified atom stereocenters. The third-order valence-electron chi connectivity index (χ3n) is 4.36. The van der Waals surface area contributed by atoms with E-state index in [-0.39, 0.29) is 22.7 Å². The second-order valence-electron chi connectivity index (χ2n) is 6.32. The molecule has 0 spiro atoms. The largest absolute Gasteiger partial charge is 0.360 e. The van der Waals surface area contributed by atoms with Crippen LogP contribution in [-0.2, 0) is 0 Å². The van der Waals surface area contributed by atoms with Crippen molar-refractivity contribution in [2.75, 3.05) is 5.32 Å². The molecule has 2 aromatic heterocycles. The zero-order valence-electron chi connectivity index (χ0n) is 15.7. The molecular weight excluding hydrogens is 434 g/mol. The quantitative estimate of drug-likeness (QED) is 0.490. The maximum absolute atomic E-state index is 14.4. The van der Waals surface area contributed by atoms with E-state index in [0.29, 0.717) is 27.1 Å². The fraction of sp³-hybridized carbons (Fsp3) is 0.105. The highest BCUT2D eigenvalue weighted by atomic mass is 35.5. The SMILES string of the molecule is Cc1onc(-c2c(Cl)cccc2Cl)c1C(=O)Nc1cc(-n2nnnc2C)ccc1F. The van der Waals surface area contributed by atoms with E-state index in [9.17, 15) is 9.18 Å². The van der Waals surface area contributed by atoms with E-state index in [1.165, 1.54) is 22.9 Å². The van der Waals surface area contributed by atoms with Crippen LogP contribution >= 0.6 is 23.2 Å². The molecule has 0 aliphatic heterocycles. The van der Waals surface area contributed by atoms with Gasteiger partial charge in [0.05, 0.1) is 21.4 Å². The van der Waals surface area contributed by atoms with Crippen LogP contribution in [0.15, 0.2) is 40.9 Å². The molecule has 0 radical (unpaired) electrons. The van der Waals surface area contributed by atoms with Crippen molar-refractivity contribution in [2.45, 2.75) is 13.8 Å². The normalized spacial score (nSPS) is 11.0. The van der Waals surface area contributed by atoms with Gasteiger partial charge in [0.25, 0.3) is 5.91 Å². The Balaban J connectivity index is 1.73. The lowest BCUT2D eigenvalue weighted by Gasteiger charge is -2.10. The number of aromatic nitrogens is 5. The summed E-state index contributed by atoms with van der Waals surface area (Å²) in [6.07, 6.45) is 0. The standard InChI is InChI=1S/C19H13Cl2FN6O2/c1-9-16(18(25-30-9)17-12(20)4-3-5-13(17)21)19(29)23-15-8-11(6-7-14(15)22)28-10(2)24-26-27-28/h3-8H,1-2H3,(H,23,29). The molecule has 0 saturated heterocycles. The highest BCUT2D eigenvalue weighted by Crippen LogP contribution is 2.37. The molecule has 2 heterocycles. The number of benzene rings is 2. The number of carbonyl (C=O) groups is 1. The molecular formula is C19H13Cl2FN6O2. The van der Waals surface area contributed by atoms with Gasteiger partial charge in [0.2, 0.25) is 0 Å². The Morgan fingerprint density at radius 1 is 1.17 bits per heavy atom. The molecule has 0 aliphatic carbocycles. The molecule has 0 bridgehead atoms. The Kier molecular flexibility index (Phi) is 5.23. The number of tetrazole rings is 1. The van der Waals surface area contributed by atoms with E-state index in [2.05, 4.69) is 26.0 Å². The summed E-state index contributed by atoms with van der Waals surface area (Å²) < 4.78 is 21.0. The molecule has 30 heavy (non-hydrogen) atoms. The summed E-state index contributed by atoms with van der Waals surface area (Å²) in [7, 11) is 0. The van der Waals surface area contributed by atoms with Crippen molar-refractivity contribution in [3.05, 3.63) is 69.4 Å². The van der Waals surface area contributed by atoms with Gasteiger partial charge in [0, 0.05) is 5.56 Å². The topological polar surface area (TPSA) is 98.7 Å². The van der Waals surface area contributed by atoms with Gasteiger partial charge < -0.3 is 9.84 Å². The molecule has 0 saturated carbocycles. The van der Waals surface area contributed by atoms with Crippen LogP contribution in [0.2, 0.25) is 10.0 Å². The maximum atomic E-state index is 14.4. The highest BCUT2D eigenvalue weighted by molar-refractivity contribution is 6.39. The predicted octanol–water partition coefficient (Wildman–Crippen LogP) is 4.63. The number of hydrogen-bond acceptors (Lipinski definition) is 6. The molecule has 0 atom stereocenters. The molecule has 11 heteroatoms. The van der Waals surface area contributed by atoms with E-state index >= 15 is 0 Å². The predicted molar refractivity (Wildman–Crippen MR) is 108 cm³/mol. The summed E-state index contributed by atoms with van der Waals surface area (Å²) in [5.41, 5.74) is 1.01. The summed E-state index contributed by atoms with van der Waals surface area (Å²) in [4.78, 5) is 13.0. The van der Waals surface area contributed by atoms with E-state index in [1.807, 2.05) is 0 Å². The summed E-state index contributed by atoms with van der Waals surface area (Å²) in [5, 5.41) is 18.3. The van der Waals surface area contributed by atoms with E-state index in [1.54, 1.807) is 32.0 Å². The number of nitrogens with zero attached hydrogens (tertiary/aromatic N) is 5. The van der Waals surface area contributed by atoms with Crippen molar-refractivity contribution in [3.8, 4) is 16.9 Å². The minimum Gasteiger partial charge on any atom is -0.360 e. The average molecular weight is 447 g/mol. The van der Waals surface area contributed by atoms with Crippen LogP contribution in [0.3, 0.4) is 0 Å². The van der Waals surface area contributed by atoms with Crippen LogP contribution in [0.5, 0.6) is 0 Å². The molecule has 152 valence electrons. The van der Waals surface area contributed by atoms with Crippen LogP contribution in [0, 0.1) is 19.7 Å². The molecule has 0 fully saturated rings. The molecule has 4 rings (SSSR count). The molecule has 1 N–H and O–H groups in total.